The lowest BCUT2D eigenvalue weighted by Crippen LogP contribution is -2.49. The molecule has 1 atom stereocenters. The Morgan fingerprint density at radius 3 is 2.50 bits per heavy atom. The van der Waals surface area contributed by atoms with Crippen LogP contribution in [0.4, 0.5) is 18.9 Å². The Morgan fingerprint density at radius 2 is 1.93 bits per heavy atom. The first-order valence-electron chi connectivity index (χ1n) is 8.26. The number of rotatable bonds is 4. The molecule has 0 spiro atoms. The fraction of sp³-hybridized carbons (Fsp3) is 0.263. The number of carbonyl (C=O) groups is 1. The van der Waals surface area contributed by atoms with Crippen molar-refractivity contribution < 1.29 is 18.0 Å². The number of alkyl halides is 2. The van der Waals surface area contributed by atoms with Crippen molar-refractivity contribution in [1.29, 1.82) is 0 Å². The largest absolute Gasteiger partial charge is 0.324 e. The lowest BCUT2D eigenvalue weighted by molar-refractivity contribution is -0.129. The normalized spacial score (nSPS) is 19.1. The van der Waals surface area contributed by atoms with Gasteiger partial charge in [0.25, 0.3) is 6.43 Å². The van der Waals surface area contributed by atoms with Crippen molar-refractivity contribution in [2.75, 3.05) is 18.9 Å². The third kappa shape index (κ3) is 3.56. The molecule has 1 N–H and O–H groups in total. The third-order valence-electron chi connectivity index (χ3n) is 4.68. The summed E-state index contributed by atoms with van der Waals surface area (Å²) in [4.78, 5) is 12.9. The van der Waals surface area contributed by atoms with Crippen LogP contribution in [0.15, 0.2) is 41.5 Å². The molecular weight excluding hydrogens is 414 g/mol. The van der Waals surface area contributed by atoms with E-state index in [9.17, 15) is 18.0 Å². The standard InChI is InChI=1S/C19H16Cl2F3N3O/c1-10-19(17(23)24,9-27(2)26-10)18(28)25-16-8-12(22)4-5-13(16)11-3-6-14(20)15(21)7-11/h3-8,17H,9H2,1-2H3,(H,25,28). The fourth-order valence-corrected chi connectivity index (χ4v) is 3.49. The van der Waals surface area contributed by atoms with Gasteiger partial charge in [0.1, 0.15) is 5.82 Å². The van der Waals surface area contributed by atoms with Gasteiger partial charge in [0.05, 0.1) is 28.0 Å². The maximum atomic E-state index is 13.9. The summed E-state index contributed by atoms with van der Waals surface area (Å²) in [6.45, 7) is 1.10. The monoisotopic (exact) mass is 429 g/mol. The number of anilines is 1. The highest BCUT2D eigenvalue weighted by Gasteiger charge is 2.54. The average Bonchev–Trinajstić information content (AvgIpc) is 2.93. The number of hydrogen-bond acceptors (Lipinski definition) is 3. The van der Waals surface area contributed by atoms with Crippen LogP contribution in [0.3, 0.4) is 0 Å². The Balaban J connectivity index is 2.02. The molecule has 0 aliphatic carbocycles. The zero-order valence-electron chi connectivity index (χ0n) is 14.9. The van der Waals surface area contributed by atoms with Gasteiger partial charge in [0.2, 0.25) is 5.91 Å². The summed E-state index contributed by atoms with van der Waals surface area (Å²) in [7, 11) is 1.50. The van der Waals surface area contributed by atoms with Crippen molar-refractivity contribution in [3.05, 3.63) is 52.3 Å². The van der Waals surface area contributed by atoms with Crippen molar-refractivity contribution >= 4 is 40.5 Å². The Kier molecular flexibility index (Phi) is 5.59. The molecule has 3 rings (SSSR count). The number of nitrogens with zero attached hydrogens (tertiary/aromatic N) is 2. The number of amides is 1. The topological polar surface area (TPSA) is 44.7 Å². The Hall–Kier alpha value is -2.25. The van der Waals surface area contributed by atoms with Gasteiger partial charge in [-0.3, -0.25) is 9.80 Å². The molecule has 0 saturated carbocycles. The summed E-state index contributed by atoms with van der Waals surface area (Å²) in [5.74, 6) is -1.58. The molecule has 28 heavy (non-hydrogen) atoms. The van der Waals surface area contributed by atoms with Gasteiger partial charge in [-0.2, -0.15) is 5.10 Å². The molecule has 148 valence electrons. The van der Waals surface area contributed by atoms with E-state index in [0.29, 0.717) is 16.1 Å². The van der Waals surface area contributed by atoms with Gasteiger partial charge in [0, 0.05) is 12.6 Å². The van der Waals surface area contributed by atoms with Gasteiger partial charge in [-0.1, -0.05) is 29.3 Å². The molecule has 0 aromatic heterocycles. The quantitative estimate of drug-likeness (QED) is 0.715. The summed E-state index contributed by atoms with van der Waals surface area (Å²) in [6.07, 6.45) is -2.98. The molecule has 1 aliphatic heterocycles. The van der Waals surface area contributed by atoms with Crippen LogP contribution in [-0.4, -0.2) is 36.6 Å². The second kappa shape index (κ2) is 7.64. The van der Waals surface area contributed by atoms with Crippen molar-refractivity contribution in [1.82, 2.24) is 5.01 Å². The lowest BCUT2D eigenvalue weighted by Gasteiger charge is -2.27. The first-order chi connectivity index (χ1) is 13.1. The molecule has 0 fully saturated rings. The first kappa shape index (κ1) is 20.5. The molecule has 4 nitrogen and oxygen atoms in total. The van der Waals surface area contributed by atoms with E-state index in [1.165, 1.54) is 31.1 Å². The molecular formula is C19H16Cl2F3N3O. The van der Waals surface area contributed by atoms with Gasteiger partial charge in [-0.25, -0.2) is 13.2 Å². The van der Waals surface area contributed by atoms with E-state index < -0.39 is 23.6 Å². The van der Waals surface area contributed by atoms with Crippen LogP contribution in [-0.2, 0) is 4.79 Å². The molecule has 9 heteroatoms. The summed E-state index contributed by atoms with van der Waals surface area (Å²) >= 11 is 12.0. The second-order valence-electron chi connectivity index (χ2n) is 6.55. The molecule has 1 unspecified atom stereocenters. The molecule has 0 radical (unpaired) electrons. The minimum Gasteiger partial charge on any atom is -0.324 e. The van der Waals surface area contributed by atoms with Crippen LogP contribution in [0.25, 0.3) is 11.1 Å². The van der Waals surface area contributed by atoms with E-state index in [0.717, 1.165) is 6.07 Å². The van der Waals surface area contributed by atoms with Crippen molar-refractivity contribution in [2.24, 2.45) is 10.5 Å². The van der Waals surface area contributed by atoms with Gasteiger partial charge in [-0.05, 0) is 42.8 Å². The van der Waals surface area contributed by atoms with Crippen LogP contribution < -0.4 is 5.32 Å². The highest BCUT2D eigenvalue weighted by molar-refractivity contribution is 6.42. The summed E-state index contributed by atoms with van der Waals surface area (Å²) in [5, 5.41) is 8.29. The summed E-state index contributed by atoms with van der Waals surface area (Å²) < 4.78 is 41.6. The maximum Gasteiger partial charge on any atom is 0.260 e. The maximum absolute atomic E-state index is 13.9. The van der Waals surface area contributed by atoms with Gasteiger partial charge >= 0.3 is 0 Å². The molecule has 0 saturated heterocycles. The predicted molar refractivity (Wildman–Crippen MR) is 105 cm³/mol. The van der Waals surface area contributed by atoms with E-state index in [1.54, 1.807) is 18.2 Å². The molecule has 0 bridgehead atoms. The predicted octanol–water partition coefficient (Wildman–Crippen LogP) is 5.31. The van der Waals surface area contributed by atoms with Crippen LogP contribution in [0.1, 0.15) is 6.92 Å². The minimum absolute atomic E-state index is 0.00464. The Bertz CT molecular complexity index is 967. The van der Waals surface area contributed by atoms with E-state index in [1.807, 2.05) is 0 Å². The van der Waals surface area contributed by atoms with E-state index >= 15 is 0 Å². The van der Waals surface area contributed by atoms with Crippen molar-refractivity contribution in [3.63, 3.8) is 0 Å². The average molecular weight is 430 g/mol. The van der Waals surface area contributed by atoms with E-state index in [4.69, 9.17) is 23.2 Å². The Labute approximate surface area is 169 Å². The molecule has 1 heterocycles. The molecule has 2 aromatic rings. The van der Waals surface area contributed by atoms with Crippen LogP contribution in [0, 0.1) is 11.2 Å². The van der Waals surface area contributed by atoms with E-state index in [-0.39, 0.29) is 23.0 Å². The highest BCUT2D eigenvalue weighted by Crippen LogP contribution is 2.38. The van der Waals surface area contributed by atoms with Crippen LogP contribution in [0.5, 0.6) is 0 Å². The fourth-order valence-electron chi connectivity index (χ4n) is 3.19. The molecule has 2 aromatic carbocycles. The van der Waals surface area contributed by atoms with Gasteiger partial charge in [0.15, 0.2) is 5.41 Å². The number of benzene rings is 2. The third-order valence-corrected chi connectivity index (χ3v) is 5.42. The molecule has 1 aliphatic rings. The SMILES string of the molecule is CC1=NN(C)CC1(C(=O)Nc1cc(F)ccc1-c1ccc(Cl)c(Cl)c1)C(F)F. The van der Waals surface area contributed by atoms with E-state index in [2.05, 4.69) is 10.4 Å². The van der Waals surface area contributed by atoms with Crippen LogP contribution in [0.2, 0.25) is 10.0 Å². The zero-order chi connectivity index (χ0) is 20.6. The smallest absolute Gasteiger partial charge is 0.260 e. The van der Waals surface area contributed by atoms with Gasteiger partial charge < -0.3 is 5.32 Å². The Morgan fingerprint density at radius 1 is 1.21 bits per heavy atom. The molecule has 1 amide bonds. The number of hydrazone groups is 1. The zero-order valence-corrected chi connectivity index (χ0v) is 16.5. The van der Waals surface area contributed by atoms with Gasteiger partial charge in [-0.15, -0.1) is 0 Å². The van der Waals surface area contributed by atoms with Crippen molar-refractivity contribution in [2.45, 2.75) is 13.3 Å². The number of nitrogens with one attached hydrogen (secondary N) is 1. The lowest BCUT2D eigenvalue weighted by atomic mass is 9.83. The second-order valence-corrected chi connectivity index (χ2v) is 7.36. The first-order valence-corrected chi connectivity index (χ1v) is 9.02. The summed E-state index contributed by atoms with van der Waals surface area (Å²) in [5.41, 5.74) is -1.11. The van der Waals surface area contributed by atoms with Crippen molar-refractivity contribution in [3.8, 4) is 11.1 Å². The number of hydrogen-bond donors (Lipinski definition) is 1. The minimum atomic E-state index is -2.98. The van der Waals surface area contributed by atoms with Crippen LogP contribution >= 0.6 is 23.2 Å². The summed E-state index contributed by atoms with van der Waals surface area (Å²) in [6, 6.07) is 8.44. The number of halogens is 5. The number of carbonyl (C=O) groups excluding carboxylic acids is 1. The highest BCUT2D eigenvalue weighted by atomic mass is 35.5.